The number of benzene rings is 1. The van der Waals surface area contributed by atoms with Crippen molar-refractivity contribution in [1.82, 2.24) is 15.6 Å². The topological polar surface area (TPSA) is 83.1 Å². The molecule has 0 spiro atoms. The molecule has 0 radical (unpaired) electrons. The Morgan fingerprint density at radius 3 is 2.68 bits per heavy atom. The molecule has 0 saturated heterocycles. The number of halogens is 2. The van der Waals surface area contributed by atoms with E-state index < -0.39 is 0 Å². The van der Waals surface area contributed by atoms with Gasteiger partial charge in [-0.1, -0.05) is 23.2 Å². The molecule has 1 aromatic carbocycles. The predicted octanol–water partition coefficient (Wildman–Crippen LogP) is 3.84. The summed E-state index contributed by atoms with van der Waals surface area (Å²) in [7, 11) is 0. The summed E-state index contributed by atoms with van der Waals surface area (Å²) in [5.41, 5.74) is 1.01. The average Bonchev–Trinajstić information content (AvgIpc) is 2.99. The first-order chi connectivity index (χ1) is 11.8. The number of carbonyl (C=O) groups excluding carboxylic acids is 2. The number of hydrogen-bond donors (Lipinski definition) is 3. The van der Waals surface area contributed by atoms with Crippen molar-refractivity contribution in [2.45, 2.75) is 26.3 Å². The molecule has 0 fully saturated rings. The Hall–Kier alpha value is -1.83. The molecule has 0 aliphatic carbocycles. The third kappa shape index (κ3) is 6.19. The lowest BCUT2D eigenvalue weighted by Gasteiger charge is -2.08. The number of thiazole rings is 1. The van der Waals surface area contributed by atoms with Crippen LogP contribution in [0.3, 0.4) is 0 Å². The number of hydrogen-bond acceptors (Lipinski definition) is 5. The van der Waals surface area contributed by atoms with Crippen molar-refractivity contribution in [3.05, 3.63) is 39.3 Å². The highest BCUT2D eigenvalue weighted by Crippen LogP contribution is 2.28. The molecule has 0 unspecified atom stereocenters. The van der Waals surface area contributed by atoms with E-state index in [1.165, 1.54) is 11.3 Å². The highest BCUT2D eigenvalue weighted by molar-refractivity contribution is 7.14. The zero-order valence-electron chi connectivity index (χ0n) is 13.7. The SMILES string of the molecule is CC(C)NC(=O)CCNC(=O)c1csc(Nc2ccc(Cl)c(Cl)c2)n1. The van der Waals surface area contributed by atoms with E-state index in [4.69, 9.17) is 23.2 Å². The van der Waals surface area contributed by atoms with Crippen molar-refractivity contribution < 1.29 is 9.59 Å². The van der Waals surface area contributed by atoms with E-state index in [1.54, 1.807) is 23.6 Å². The van der Waals surface area contributed by atoms with Gasteiger partial charge in [0.1, 0.15) is 5.69 Å². The van der Waals surface area contributed by atoms with Gasteiger partial charge in [-0.05, 0) is 32.0 Å². The van der Waals surface area contributed by atoms with E-state index in [0.717, 1.165) is 5.69 Å². The van der Waals surface area contributed by atoms with E-state index in [2.05, 4.69) is 20.9 Å². The fraction of sp³-hybridized carbons (Fsp3) is 0.312. The van der Waals surface area contributed by atoms with Crippen LogP contribution < -0.4 is 16.0 Å². The lowest BCUT2D eigenvalue weighted by molar-refractivity contribution is -0.121. The van der Waals surface area contributed by atoms with E-state index in [-0.39, 0.29) is 36.5 Å². The number of carbonyl (C=O) groups is 2. The number of nitrogens with one attached hydrogen (secondary N) is 3. The van der Waals surface area contributed by atoms with E-state index in [0.29, 0.717) is 15.2 Å². The van der Waals surface area contributed by atoms with Crippen LogP contribution in [0.25, 0.3) is 0 Å². The van der Waals surface area contributed by atoms with Crippen LogP contribution in [-0.2, 0) is 4.79 Å². The molecule has 9 heteroatoms. The monoisotopic (exact) mass is 400 g/mol. The molecule has 2 aromatic rings. The Morgan fingerprint density at radius 2 is 2.00 bits per heavy atom. The van der Waals surface area contributed by atoms with E-state index >= 15 is 0 Å². The maximum atomic E-state index is 12.0. The Labute approximate surface area is 159 Å². The molecule has 134 valence electrons. The van der Waals surface area contributed by atoms with Gasteiger partial charge in [0.05, 0.1) is 10.0 Å². The van der Waals surface area contributed by atoms with Gasteiger partial charge in [0.15, 0.2) is 5.13 Å². The molecule has 6 nitrogen and oxygen atoms in total. The van der Waals surface area contributed by atoms with Gasteiger partial charge in [-0.15, -0.1) is 11.3 Å². The first kappa shape index (κ1) is 19.5. The van der Waals surface area contributed by atoms with Gasteiger partial charge in [0, 0.05) is 30.1 Å². The van der Waals surface area contributed by atoms with Gasteiger partial charge in [0.25, 0.3) is 5.91 Å². The van der Waals surface area contributed by atoms with Gasteiger partial charge in [-0.3, -0.25) is 9.59 Å². The van der Waals surface area contributed by atoms with Crippen LogP contribution in [0, 0.1) is 0 Å². The van der Waals surface area contributed by atoms with Crippen LogP contribution in [0.4, 0.5) is 10.8 Å². The number of aromatic nitrogens is 1. The van der Waals surface area contributed by atoms with Crippen molar-refractivity contribution in [2.75, 3.05) is 11.9 Å². The zero-order chi connectivity index (χ0) is 18.4. The summed E-state index contributed by atoms with van der Waals surface area (Å²) in [5.74, 6) is -0.425. The lowest BCUT2D eigenvalue weighted by atomic mass is 10.3. The van der Waals surface area contributed by atoms with Gasteiger partial charge in [0.2, 0.25) is 5.91 Å². The van der Waals surface area contributed by atoms with Crippen molar-refractivity contribution in [1.29, 1.82) is 0 Å². The summed E-state index contributed by atoms with van der Waals surface area (Å²) in [6, 6.07) is 5.20. The number of anilines is 2. The summed E-state index contributed by atoms with van der Waals surface area (Å²) in [4.78, 5) is 27.8. The summed E-state index contributed by atoms with van der Waals surface area (Å²) >= 11 is 13.1. The first-order valence-corrected chi connectivity index (χ1v) is 9.24. The normalized spacial score (nSPS) is 10.6. The molecule has 0 aliphatic rings. The highest BCUT2D eigenvalue weighted by Gasteiger charge is 2.12. The van der Waals surface area contributed by atoms with Crippen molar-refractivity contribution in [3.63, 3.8) is 0 Å². The Morgan fingerprint density at radius 1 is 1.24 bits per heavy atom. The third-order valence-corrected chi connectivity index (χ3v) is 4.49. The maximum absolute atomic E-state index is 12.0. The molecule has 0 bridgehead atoms. The minimum atomic E-state index is -0.323. The van der Waals surface area contributed by atoms with Crippen LogP contribution in [0.2, 0.25) is 10.0 Å². The molecule has 1 aromatic heterocycles. The number of nitrogens with zero attached hydrogens (tertiary/aromatic N) is 1. The fourth-order valence-corrected chi connectivity index (χ4v) is 2.92. The second kappa shape index (κ2) is 9.03. The first-order valence-electron chi connectivity index (χ1n) is 7.60. The van der Waals surface area contributed by atoms with Gasteiger partial charge < -0.3 is 16.0 Å². The Kier molecular flexibility index (Phi) is 7.04. The fourth-order valence-electron chi connectivity index (χ4n) is 1.91. The zero-order valence-corrected chi connectivity index (χ0v) is 16.1. The lowest BCUT2D eigenvalue weighted by Crippen LogP contribution is -2.34. The predicted molar refractivity (Wildman–Crippen MR) is 102 cm³/mol. The molecular weight excluding hydrogens is 383 g/mol. The quantitative estimate of drug-likeness (QED) is 0.659. The van der Waals surface area contributed by atoms with E-state index in [1.807, 2.05) is 13.8 Å². The molecule has 0 saturated carbocycles. The highest BCUT2D eigenvalue weighted by atomic mass is 35.5. The molecule has 3 N–H and O–H groups in total. The van der Waals surface area contributed by atoms with Crippen LogP contribution >= 0.6 is 34.5 Å². The molecule has 1 heterocycles. The van der Waals surface area contributed by atoms with Crippen LogP contribution in [0.15, 0.2) is 23.6 Å². The maximum Gasteiger partial charge on any atom is 0.270 e. The van der Waals surface area contributed by atoms with Crippen LogP contribution in [0.1, 0.15) is 30.8 Å². The molecule has 2 rings (SSSR count). The molecule has 2 amide bonds. The average molecular weight is 401 g/mol. The van der Waals surface area contributed by atoms with Crippen LogP contribution in [-0.4, -0.2) is 29.4 Å². The molecule has 25 heavy (non-hydrogen) atoms. The van der Waals surface area contributed by atoms with Crippen molar-refractivity contribution in [2.24, 2.45) is 0 Å². The second-order valence-electron chi connectivity index (χ2n) is 5.52. The van der Waals surface area contributed by atoms with Gasteiger partial charge in [-0.25, -0.2) is 4.98 Å². The molecule has 0 atom stereocenters. The minimum absolute atomic E-state index is 0.0803. The Balaban J connectivity index is 1.86. The Bertz CT molecular complexity index is 764. The summed E-state index contributed by atoms with van der Waals surface area (Å²) in [5, 5.41) is 11.6. The summed E-state index contributed by atoms with van der Waals surface area (Å²) in [6.45, 7) is 4.02. The van der Waals surface area contributed by atoms with Gasteiger partial charge in [-0.2, -0.15) is 0 Å². The smallest absolute Gasteiger partial charge is 0.270 e. The minimum Gasteiger partial charge on any atom is -0.354 e. The molecular formula is C16H18Cl2N4O2S. The van der Waals surface area contributed by atoms with E-state index in [9.17, 15) is 9.59 Å². The van der Waals surface area contributed by atoms with Crippen molar-refractivity contribution in [3.8, 4) is 0 Å². The summed E-state index contributed by atoms with van der Waals surface area (Å²) < 4.78 is 0. The summed E-state index contributed by atoms with van der Waals surface area (Å²) in [6.07, 6.45) is 0.225. The number of amides is 2. The van der Waals surface area contributed by atoms with Gasteiger partial charge >= 0.3 is 0 Å². The standard InChI is InChI=1S/C16H18Cl2N4O2S/c1-9(2)20-14(23)5-6-19-15(24)13-8-25-16(22-13)21-10-3-4-11(17)12(18)7-10/h3-4,7-9H,5-6H2,1-2H3,(H,19,24)(H,20,23)(H,21,22). The largest absolute Gasteiger partial charge is 0.354 e. The molecule has 0 aliphatic heterocycles. The second-order valence-corrected chi connectivity index (χ2v) is 7.19. The van der Waals surface area contributed by atoms with Crippen LogP contribution in [0.5, 0.6) is 0 Å². The number of rotatable bonds is 7. The third-order valence-electron chi connectivity index (χ3n) is 2.99. The van der Waals surface area contributed by atoms with Crippen molar-refractivity contribution >= 4 is 57.2 Å².